The van der Waals surface area contributed by atoms with E-state index in [9.17, 15) is 22.8 Å². The zero-order valence-corrected chi connectivity index (χ0v) is 19.3. The third-order valence-corrected chi connectivity index (χ3v) is 7.76. The fraction of sp³-hybridized carbons (Fsp3) is 0.292. The second kappa shape index (κ2) is 8.37. The van der Waals surface area contributed by atoms with Gasteiger partial charge in [0.05, 0.1) is 17.4 Å². The minimum absolute atomic E-state index is 0.129. The number of amides is 3. The van der Waals surface area contributed by atoms with E-state index in [0.717, 1.165) is 27.6 Å². The van der Waals surface area contributed by atoms with Crippen LogP contribution in [-0.2, 0) is 21.2 Å². The van der Waals surface area contributed by atoms with Gasteiger partial charge < -0.3 is 10.3 Å². The van der Waals surface area contributed by atoms with Gasteiger partial charge in [0.1, 0.15) is 6.04 Å². The normalized spacial score (nSPS) is 19.6. The average molecular weight is 481 g/mol. The lowest BCUT2D eigenvalue weighted by Gasteiger charge is -2.27. The third kappa shape index (κ3) is 3.88. The molecule has 0 bridgehead atoms. The van der Waals surface area contributed by atoms with Gasteiger partial charge in [0, 0.05) is 42.7 Å². The van der Waals surface area contributed by atoms with Crippen LogP contribution in [0.15, 0.2) is 54.7 Å². The predicted octanol–water partition coefficient (Wildman–Crippen LogP) is 1.53. The van der Waals surface area contributed by atoms with Crippen molar-refractivity contribution < 1.29 is 22.8 Å². The number of nitrogens with one attached hydrogen (secondary N) is 2. The van der Waals surface area contributed by atoms with E-state index in [1.165, 1.54) is 4.31 Å². The molecule has 2 atom stereocenters. The summed E-state index contributed by atoms with van der Waals surface area (Å²) in [5, 5.41) is 3.79. The van der Waals surface area contributed by atoms with E-state index < -0.39 is 39.8 Å². The standard InChI is InChI=1S/C24H24N4O5S/c1-34(32,33)27-11-10-16(14-27)26-22(29)21(12-15-13-25-20-9-5-4-6-17(15)20)28-23(30)18-7-2-3-8-19(18)24(28)31/h2-9,13,16,21,25H,10-12,14H2,1H3,(H,26,29)/t16?,21-/m1/s1. The van der Waals surface area contributed by atoms with Gasteiger partial charge in [0.2, 0.25) is 15.9 Å². The molecular weight excluding hydrogens is 456 g/mol. The Bertz CT molecular complexity index is 1380. The lowest BCUT2D eigenvalue weighted by molar-refractivity contribution is -0.125. The zero-order chi connectivity index (χ0) is 24.0. The van der Waals surface area contributed by atoms with E-state index in [4.69, 9.17) is 0 Å². The number of sulfonamides is 1. The van der Waals surface area contributed by atoms with Gasteiger partial charge >= 0.3 is 0 Å². The number of carbonyl (C=O) groups excluding carboxylic acids is 3. The largest absolute Gasteiger partial charge is 0.361 e. The highest BCUT2D eigenvalue weighted by Gasteiger charge is 2.43. The smallest absolute Gasteiger partial charge is 0.262 e. The van der Waals surface area contributed by atoms with Gasteiger partial charge in [-0.05, 0) is 30.2 Å². The minimum Gasteiger partial charge on any atom is -0.361 e. The van der Waals surface area contributed by atoms with Gasteiger partial charge in [-0.1, -0.05) is 30.3 Å². The van der Waals surface area contributed by atoms with Crippen molar-refractivity contribution in [3.05, 3.63) is 71.4 Å². The van der Waals surface area contributed by atoms with Crippen LogP contribution in [0.5, 0.6) is 0 Å². The zero-order valence-electron chi connectivity index (χ0n) is 18.5. The average Bonchev–Trinajstić information content (AvgIpc) is 3.50. The van der Waals surface area contributed by atoms with Gasteiger partial charge in [0.15, 0.2) is 0 Å². The Kier molecular flexibility index (Phi) is 5.49. The van der Waals surface area contributed by atoms with Gasteiger partial charge in [0.25, 0.3) is 11.8 Å². The van der Waals surface area contributed by atoms with Crippen LogP contribution >= 0.6 is 0 Å². The van der Waals surface area contributed by atoms with Gasteiger partial charge in [-0.15, -0.1) is 0 Å². The van der Waals surface area contributed by atoms with Crippen molar-refractivity contribution in [2.45, 2.75) is 24.9 Å². The molecule has 2 N–H and O–H groups in total. The molecule has 34 heavy (non-hydrogen) atoms. The third-order valence-electron chi connectivity index (χ3n) is 6.49. The van der Waals surface area contributed by atoms with Crippen molar-refractivity contribution in [1.29, 1.82) is 0 Å². The molecule has 1 aromatic heterocycles. The highest BCUT2D eigenvalue weighted by atomic mass is 32.2. The van der Waals surface area contributed by atoms with Crippen LogP contribution in [0.1, 0.15) is 32.7 Å². The molecule has 2 aromatic carbocycles. The summed E-state index contributed by atoms with van der Waals surface area (Å²) in [6, 6.07) is 12.6. The van der Waals surface area contributed by atoms with Crippen molar-refractivity contribution in [2.24, 2.45) is 0 Å². The Balaban J connectivity index is 1.46. The Morgan fingerprint density at radius 2 is 1.74 bits per heavy atom. The van der Waals surface area contributed by atoms with Gasteiger partial charge in [-0.2, -0.15) is 0 Å². The highest BCUT2D eigenvalue weighted by molar-refractivity contribution is 7.88. The van der Waals surface area contributed by atoms with E-state index in [-0.39, 0.29) is 24.1 Å². The van der Waals surface area contributed by atoms with Gasteiger partial charge in [-0.3, -0.25) is 19.3 Å². The molecule has 0 saturated carbocycles. The second-order valence-corrected chi connectivity index (χ2v) is 10.7. The number of aromatic nitrogens is 1. The van der Waals surface area contributed by atoms with Crippen molar-refractivity contribution in [3.8, 4) is 0 Å². The summed E-state index contributed by atoms with van der Waals surface area (Å²) in [5.74, 6) is -1.50. The van der Waals surface area contributed by atoms with Crippen LogP contribution in [0.25, 0.3) is 10.9 Å². The highest BCUT2D eigenvalue weighted by Crippen LogP contribution is 2.28. The minimum atomic E-state index is -3.37. The first-order chi connectivity index (χ1) is 16.2. The summed E-state index contributed by atoms with van der Waals surface area (Å²) in [5.41, 5.74) is 2.23. The summed E-state index contributed by atoms with van der Waals surface area (Å²) < 4.78 is 25.1. The number of hydrogen-bond donors (Lipinski definition) is 2. The summed E-state index contributed by atoms with van der Waals surface area (Å²) >= 11 is 0. The lowest BCUT2D eigenvalue weighted by Crippen LogP contribution is -2.53. The molecule has 3 heterocycles. The molecule has 1 saturated heterocycles. The molecule has 176 valence electrons. The van der Waals surface area contributed by atoms with Crippen molar-refractivity contribution >= 4 is 38.6 Å². The summed E-state index contributed by atoms with van der Waals surface area (Å²) in [4.78, 5) is 44.1. The number of H-pyrrole nitrogens is 1. The number of imide groups is 1. The molecule has 9 nitrogen and oxygen atoms in total. The molecule has 10 heteroatoms. The topological polar surface area (TPSA) is 120 Å². The Hall–Kier alpha value is -3.50. The number of nitrogens with zero attached hydrogens (tertiary/aromatic N) is 2. The van der Waals surface area contributed by atoms with E-state index in [2.05, 4.69) is 10.3 Å². The summed E-state index contributed by atoms with van der Waals surface area (Å²) in [6.45, 7) is 0.469. The van der Waals surface area contributed by atoms with Gasteiger partial charge in [-0.25, -0.2) is 12.7 Å². The Morgan fingerprint density at radius 3 is 2.38 bits per heavy atom. The number of aromatic amines is 1. The fourth-order valence-corrected chi connectivity index (χ4v) is 5.63. The van der Waals surface area contributed by atoms with E-state index in [1.807, 2.05) is 24.3 Å². The summed E-state index contributed by atoms with van der Waals surface area (Å²) in [6.07, 6.45) is 3.50. The van der Waals surface area contributed by atoms with E-state index in [0.29, 0.717) is 13.0 Å². The van der Waals surface area contributed by atoms with E-state index >= 15 is 0 Å². The number of carbonyl (C=O) groups is 3. The van der Waals surface area contributed by atoms with Crippen molar-refractivity contribution in [3.63, 3.8) is 0 Å². The van der Waals surface area contributed by atoms with E-state index in [1.54, 1.807) is 30.5 Å². The monoisotopic (exact) mass is 480 g/mol. The molecular formula is C24H24N4O5S. The number of hydrogen-bond acceptors (Lipinski definition) is 5. The molecule has 5 rings (SSSR count). The van der Waals surface area contributed by atoms with Crippen LogP contribution in [0.2, 0.25) is 0 Å². The maximum atomic E-state index is 13.5. The molecule has 1 unspecified atom stereocenters. The second-order valence-electron chi connectivity index (χ2n) is 8.72. The number of para-hydroxylation sites is 1. The first kappa shape index (κ1) is 22.3. The maximum Gasteiger partial charge on any atom is 0.262 e. The molecule has 0 radical (unpaired) electrons. The molecule has 3 amide bonds. The first-order valence-corrected chi connectivity index (χ1v) is 12.9. The predicted molar refractivity (Wildman–Crippen MR) is 126 cm³/mol. The lowest BCUT2D eigenvalue weighted by atomic mass is 10.0. The Morgan fingerprint density at radius 1 is 1.09 bits per heavy atom. The number of fused-ring (bicyclic) bond motifs is 2. The van der Waals surface area contributed by atoms with Crippen LogP contribution in [0, 0.1) is 0 Å². The molecule has 2 aliphatic heterocycles. The van der Waals surface area contributed by atoms with Crippen molar-refractivity contribution in [2.75, 3.05) is 19.3 Å². The molecule has 0 aliphatic carbocycles. The van der Waals surface area contributed by atoms with Crippen LogP contribution in [0.4, 0.5) is 0 Å². The maximum absolute atomic E-state index is 13.5. The van der Waals surface area contributed by atoms with Crippen LogP contribution in [-0.4, -0.2) is 71.8 Å². The molecule has 3 aromatic rings. The fourth-order valence-electron chi connectivity index (χ4n) is 4.75. The quantitative estimate of drug-likeness (QED) is 0.519. The van der Waals surface area contributed by atoms with Crippen LogP contribution in [0.3, 0.4) is 0 Å². The SMILES string of the molecule is CS(=O)(=O)N1CCC(NC(=O)[C@@H](Cc2c[nH]c3ccccc23)N2C(=O)c3ccccc3C2=O)C1. The van der Waals surface area contributed by atoms with Crippen molar-refractivity contribution in [1.82, 2.24) is 19.5 Å². The Labute approximate surface area is 196 Å². The molecule has 1 fully saturated rings. The van der Waals surface area contributed by atoms with Crippen LogP contribution < -0.4 is 5.32 Å². The number of rotatable bonds is 6. The summed E-state index contributed by atoms with van der Waals surface area (Å²) in [7, 11) is -3.37. The molecule has 0 spiro atoms. The molecule has 2 aliphatic rings. The first-order valence-electron chi connectivity index (χ1n) is 11.0. The number of benzene rings is 2.